The molecule has 3 aliphatic rings. The smallest absolute Gasteiger partial charge is 0.326 e. The standard InChI is InChI=1S/C31H31Cl2N5O5/c1-17-2-8-21(9-3-17)36-31(43)38-22-12-6-19(7-13-22)27(38)29(40)37-25(30(41)42)14-18-4-10-20(11-5-18)35-28(39)26-23(32)15-34-16-24(26)33/h2-5,8-11,15-16,19,22,25,27H,6-7,12-14H2,1H3,(H,35,39)(H,36,43)(H,37,40)(H,41,42)/t19?,22?,25-,27-/m0/s1. The molecule has 4 amide bonds. The lowest BCUT2D eigenvalue weighted by Gasteiger charge is -2.50. The summed E-state index contributed by atoms with van der Waals surface area (Å²) in [6.45, 7) is 1.96. The molecule has 0 unspecified atom stereocenters. The molecule has 1 aromatic heterocycles. The van der Waals surface area contributed by atoms with Crippen molar-refractivity contribution in [2.45, 2.75) is 57.2 Å². The molecule has 4 N–H and O–H groups in total. The van der Waals surface area contributed by atoms with Crippen molar-refractivity contribution in [3.05, 3.63) is 87.7 Å². The van der Waals surface area contributed by atoms with Gasteiger partial charge in [-0.1, -0.05) is 53.0 Å². The molecular weight excluding hydrogens is 593 g/mol. The van der Waals surface area contributed by atoms with Gasteiger partial charge in [0.2, 0.25) is 5.91 Å². The average Bonchev–Trinajstić information content (AvgIpc) is 2.98. The van der Waals surface area contributed by atoms with Crippen LogP contribution >= 0.6 is 23.2 Å². The number of amides is 4. The number of carbonyl (C=O) groups is 4. The van der Waals surface area contributed by atoms with Crippen molar-refractivity contribution >= 4 is 58.4 Å². The van der Waals surface area contributed by atoms with Gasteiger partial charge in [-0.25, -0.2) is 9.59 Å². The Morgan fingerprint density at radius 2 is 1.49 bits per heavy atom. The number of nitrogens with one attached hydrogen (secondary N) is 3. The van der Waals surface area contributed by atoms with Crippen LogP contribution in [-0.2, 0) is 16.0 Å². The zero-order valence-electron chi connectivity index (χ0n) is 23.3. The number of benzene rings is 2. The van der Waals surface area contributed by atoms with E-state index >= 15 is 0 Å². The number of rotatable bonds is 8. The van der Waals surface area contributed by atoms with Crippen LogP contribution in [0.2, 0.25) is 10.0 Å². The second kappa shape index (κ2) is 13.0. The first-order valence-corrected chi connectivity index (χ1v) is 14.7. The number of fused-ring (bicyclic) bond motifs is 3. The van der Waals surface area contributed by atoms with E-state index in [1.165, 1.54) is 12.4 Å². The van der Waals surface area contributed by atoms with E-state index in [1.807, 2.05) is 31.2 Å². The van der Waals surface area contributed by atoms with Gasteiger partial charge in [0.05, 0.1) is 15.6 Å². The van der Waals surface area contributed by atoms with Gasteiger partial charge in [0.1, 0.15) is 12.1 Å². The van der Waals surface area contributed by atoms with E-state index in [1.54, 1.807) is 29.2 Å². The van der Waals surface area contributed by atoms with E-state index < -0.39 is 29.9 Å². The van der Waals surface area contributed by atoms with Crippen LogP contribution in [0.15, 0.2) is 60.9 Å². The molecule has 2 saturated heterocycles. The van der Waals surface area contributed by atoms with Crippen molar-refractivity contribution in [1.82, 2.24) is 15.2 Å². The number of hydrogen-bond acceptors (Lipinski definition) is 5. The summed E-state index contributed by atoms with van der Waals surface area (Å²) in [4.78, 5) is 57.3. The SMILES string of the molecule is Cc1ccc(NC(=O)N2C3CCC(CC3)[C@H]2C(=O)N[C@@H](Cc2ccc(NC(=O)c3c(Cl)cncc3Cl)cc2)C(=O)O)cc1. The molecule has 224 valence electrons. The molecule has 10 nitrogen and oxygen atoms in total. The Labute approximate surface area is 258 Å². The molecule has 2 aliphatic heterocycles. The van der Waals surface area contributed by atoms with E-state index in [2.05, 4.69) is 20.9 Å². The maximum absolute atomic E-state index is 13.6. The lowest BCUT2D eigenvalue weighted by Crippen LogP contribution is -2.64. The molecule has 6 rings (SSSR count). The predicted molar refractivity (Wildman–Crippen MR) is 163 cm³/mol. The van der Waals surface area contributed by atoms with E-state index in [-0.39, 0.29) is 40.0 Å². The normalized spacial score (nSPS) is 19.8. The minimum absolute atomic E-state index is 0.00763. The molecule has 0 spiro atoms. The fourth-order valence-corrected chi connectivity index (χ4v) is 6.38. The molecule has 3 heterocycles. The molecule has 43 heavy (non-hydrogen) atoms. The topological polar surface area (TPSA) is 141 Å². The van der Waals surface area contributed by atoms with Gasteiger partial charge < -0.3 is 26.0 Å². The highest BCUT2D eigenvalue weighted by Crippen LogP contribution is 2.40. The molecule has 1 aliphatic carbocycles. The third-order valence-electron chi connectivity index (χ3n) is 8.03. The number of carboxylic acids is 1. The summed E-state index contributed by atoms with van der Waals surface area (Å²) in [7, 11) is 0. The number of hydrogen-bond donors (Lipinski definition) is 4. The number of carboxylic acid groups (broad SMARTS) is 1. The summed E-state index contributed by atoms with van der Waals surface area (Å²) >= 11 is 12.1. The molecule has 3 fully saturated rings. The van der Waals surface area contributed by atoms with Crippen LogP contribution in [0.1, 0.15) is 47.2 Å². The van der Waals surface area contributed by atoms with E-state index in [0.29, 0.717) is 16.9 Å². The van der Waals surface area contributed by atoms with Crippen LogP contribution in [0.5, 0.6) is 0 Å². The molecule has 2 atom stereocenters. The number of anilines is 2. The Morgan fingerprint density at radius 3 is 2.09 bits per heavy atom. The van der Waals surface area contributed by atoms with Crippen molar-refractivity contribution in [3.63, 3.8) is 0 Å². The van der Waals surface area contributed by atoms with Crippen LogP contribution in [0.4, 0.5) is 16.2 Å². The summed E-state index contributed by atoms with van der Waals surface area (Å²) in [5, 5.41) is 18.5. The Hall–Kier alpha value is -4.15. The quantitative estimate of drug-likeness (QED) is 0.260. The number of nitrogens with zero attached hydrogens (tertiary/aromatic N) is 2. The number of piperidine rings is 2. The summed E-state index contributed by atoms with van der Waals surface area (Å²) in [5.41, 5.74) is 2.86. The van der Waals surface area contributed by atoms with E-state index in [9.17, 15) is 24.3 Å². The molecule has 2 aromatic carbocycles. The van der Waals surface area contributed by atoms with Crippen LogP contribution in [0.25, 0.3) is 0 Å². The molecule has 1 saturated carbocycles. The Bertz CT molecular complexity index is 1500. The summed E-state index contributed by atoms with van der Waals surface area (Å²) in [6, 6.07) is 11.5. The van der Waals surface area contributed by atoms with Gasteiger partial charge in [-0.05, 0) is 68.4 Å². The first kappa shape index (κ1) is 30.3. The molecule has 2 bridgehead atoms. The molecule has 0 radical (unpaired) electrons. The first-order chi connectivity index (χ1) is 20.6. The Balaban J connectivity index is 1.25. The minimum atomic E-state index is -1.22. The van der Waals surface area contributed by atoms with Crippen LogP contribution in [0.3, 0.4) is 0 Å². The molecule has 12 heteroatoms. The third kappa shape index (κ3) is 6.92. The van der Waals surface area contributed by atoms with Crippen molar-refractivity contribution in [1.29, 1.82) is 0 Å². The second-order valence-corrected chi connectivity index (χ2v) is 11.8. The van der Waals surface area contributed by atoms with Gasteiger partial charge >= 0.3 is 12.0 Å². The second-order valence-electron chi connectivity index (χ2n) is 10.9. The number of carbonyl (C=O) groups excluding carboxylic acids is 3. The van der Waals surface area contributed by atoms with Crippen molar-refractivity contribution in [2.75, 3.05) is 10.6 Å². The molecular formula is C31H31Cl2N5O5. The monoisotopic (exact) mass is 623 g/mol. The largest absolute Gasteiger partial charge is 0.480 e. The number of pyridine rings is 1. The number of aliphatic carboxylic acids is 1. The van der Waals surface area contributed by atoms with Crippen LogP contribution in [0, 0.1) is 12.8 Å². The van der Waals surface area contributed by atoms with Crippen LogP contribution < -0.4 is 16.0 Å². The lowest BCUT2D eigenvalue weighted by molar-refractivity contribution is -0.144. The molecule has 3 aromatic rings. The van der Waals surface area contributed by atoms with Gasteiger partial charge in [0.25, 0.3) is 5.91 Å². The average molecular weight is 625 g/mol. The van der Waals surface area contributed by atoms with Gasteiger partial charge in [-0.15, -0.1) is 0 Å². The highest BCUT2D eigenvalue weighted by Gasteiger charge is 2.48. The summed E-state index contributed by atoms with van der Waals surface area (Å²) < 4.78 is 0. The highest BCUT2D eigenvalue weighted by atomic mass is 35.5. The number of aromatic nitrogens is 1. The Kier molecular flexibility index (Phi) is 9.17. The van der Waals surface area contributed by atoms with Crippen molar-refractivity contribution in [2.24, 2.45) is 5.92 Å². The summed E-state index contributed by atoms with van der Waals surface area (Å²) in [6.07, 6.45) is 5.87. The zero-order valence-corrected chi connectivity index (χ0v) is 24.9. The predicted octanol–water partition coefficient (Wildman–Crippen LogP) is 5.54. The maximum atomic E-state index is 13.6. The van der Waals surface area contributed by atoms with Crippen LogP contribution in [-0.4, -0.2) is 56.9 Å². The van der Waals surface area contributed by atoms with Gasteiger partial charge in [0, 0.05) is 36.2 Å². The first-order valence-electron chi connectivity index (χ1n) is 14.0. The van der Waals surface area contributed by atoms with Gasteiger partial charge in [-0.2, -0.15) is 0 Å². The maximum Gasteiger partial charge on any atom is 0.326 e. The fourth-order valence-electron chi connectivity index (χ4n) is 5.85. The van der Waals surface area contributed by atoms with E-state index in [0.717, 1.165) is 31.2 Å². The lowest BCUT2D eigenvalue weighted by atomic mass is 9.74. The highest BCUT2D eigenvalue weighted by molar-refractivity contribution is 6.40. The third-order valence-corrected chi connectivity index (χ3v) is 8.61. The number of halogens is 2. The summed E-state index contributed by atoms with van der Waals surface area (Å²) in [5.74, 6) is -2.23. The van der Waals surface area contributed by atoms with Crippen molar-refractivity contribution < 1.29 is 24.3 Å². The zero-order chi connectivity index (χ0) is 30.7. The Morgan fingerprint density at radius 1 is 0.907 bits per heavy atom. The number of urea groups is 1. The minimum Gasteiger partial charge on any atom is -0.480 e. The number of aryl methyl sites for hydroxylation is 1. The van der Waals surface area contributed by atoms with Gasteiger partial charge in [0.15, 0.2) is 0 Å². The fraction of sp³-hybridized carbons (Fsp3) is 0.323. The van der Waals surface area contributed by atoms with E-state index in [4.69, 9.17) is 23.2 Å². The van der Waals surface area contributed by atoms with Crippen molar-refractivity contribution in [3.8, 4) is 0 Å². The van der Waals surface area contributed by atoms with Gasteiger partial charge in [-0.3, -0.25) is 14.6 Å².